The molecule has 206 valence electrons. The molecule has 0 aliphatic carbocycles. The third-order valence-electron chi connectivity index (χ3n) is 6.80. The fraction of sp³-hybridized carbons (Fsp3) is 0.152. The van der Waals surface area contributed by atoms with Gasteiger partial charge in [0, 0.05) is 30.2 Å². The maximum absolute atomic E-state index is 12.6. The fourth-order valence-electron chi connectivity index (χ4n) is 4.77. The number of carbonyl (C=O) groups is 1. The van der Waals surface area contributed by atoms with Crippen LogP contribution in [0.5, 0.6) is 11.5 Å². The minimum atomic E-state index is -0.312. The van der Waals surface area contributed by atoms with E-state index in [1.165, 1.54) is 17.2 Å². The second-order valence-electron chi connectivity index (χ2n) is 9.77. The largest absolute Gasteiger partial charge is 0.467 e. The van der Waals surface area contributed by atoms with E-state index in [4.69, 9.17) is 13.6 Å². The minimum Gasteiger partial charge on any atom is -0.467 e. The van der Waals surface area contributed by atoms with Crippen molar-refractivity contribution in [3.63, 3.8) is 0 Å². The molecule has 0 fully saturated rings. The van der Waals surface area contributed by atoms with Crippen LogP contribution < -0.4 is 10.1 Å². The van der Waals surface area contributed by atoms with E-state index in [1.807, 2.05) is 48.5 Å². The van der Waals surface area contributed by atoms with E-state index in [9.17, 15) is 4.79 Å². The van der Waals surface area contributed by atoms with Crippen molar-refractivity contribution in [2.75, 3.05) is 6.54 Å². The normalized spacial score (nSPS) is 11.2. The first kappa shape index (κ1) is 26.2. The molecular weight excluding hydrogens is 516 g/mol. The van der Waals surface area contributed by atoms with Gasteiger partial charge in [-0.1, -0.05) is 48.5 Å². The lowest BCUT2D eigenvalue weighted by Crippen LogP contribution is -2.26. The first-order valence-corrected chi connectivity index (χ1v) is 13.5. The van der Waals surface area contributed by atoms with E-state index in [0.29, 0.717) is 24.7 Å². The lowest BCUT2D eigenvalue weighted by molar-refractivity contribution is 0.0943. The van der Waals surface area contributed by atoms with Gasteiger partial charge in [-0.15, -0.1) is 0 Å². The Morgan fingerprint density at radius 2 is 1.76 bits per heavy atom. The predicted octanol–water partition coefficient (Wildman–Crippen LogP) is 6.72. The molecule has 0 aliphatic rings. The summed E-state index contributed by atoms with van der Waals surface area (Å²) < 4.78 is 17.1. The number of hydrogen-bond donors (Lipinski definition) is 2. The van der Waals surface area contributed by atoms with Gasteiger partial charge in [-0.3, -0.25) is 9.69 Å². The summed E-state index contributed by atoms with van der Waals surface area (Å²) in [5.41, 5.74) is 3.71. The number of furan rings is 1. The van der Waals surface area contributed by atoms with E-state index in [-0.39, 0.29) is 18.1 Å². The molecule has 3 aromatic heterocycles. The number of H-pyrrole nitrogens is 1. The van der Waals surface area contributed by atoms with Crippen LogP contribution in [0.15, 0.2) is 119 Å². The molecule has 3 heterocycles. The topological polar surface area (TPSA) is 96.5 Å². The van der Waals surface area contributed by atoms with Crippen LogP contribution in [0, 0.1) is 0 Å². The van der Waals surface area contributed by atoms with Crippen LogP contribution in [0.1, 0.15) is 33.3 Å². The van der Waals surface area contributed by atoms with Crippen LogP contribution in [-0.2, 0) is 26.1 Å². The number of fused-ring (bicyclic) bond motifs is 1. The van der Waals surface area contributed by atoms with Gasteiger partial charge in [-0.05, 0) is 60.0 Å². The molecule has 0 atom stereocenters. The highest BCUT2D eigenvalue weighted by molar-refractivity contribution is 5.91. The summed E-state index contributed by atoms with van der Waals surface area (Å²) in [4.78, 5) is 22.7. The van der Waals surface area contributed by atoms with Crippen molar-refractivity contribution in [2.45, 2.75) is 26.1 Å². The molecular formula is C33H30N4O4. The molecule has 0 radical (unpaired) electrons. The maximum atomic E-state index is 12.6. The minimum absolute atomic E-state index is 0.237. The average molecular weight is 547 g/mol. The number of nitrogens with one attached hydrogen (secondary N) is 2. The van der Waals surface area contributed by atoms with Crippen molar-refractivity contribution >= 4 is 16.8 Å². The molecule has 6 rings (SSSR count). The lowest BCUT2D eigenvalue weighted by Gasteiger charge is -2.21. The Hall–Kier alpha value is -5.08. The zero-order valence-electron chi connectivity index (χ0n) is 22.5. The number of hydrogen-bond acceptors (Lipinski definition) is 6. The first-order chi connectivity index (χ1) is 20.2. The van der Waals surface area contributed by atoms with Crippen molar-refractivity contribution in [2.24, 2.45) is 0 Å². The van der Waals surface area contributed by atoms with Crippen LogP contribution in [0.3, 0.4) is 0 Å². The van der Waals surface area contributed by atoms with Gasteiger partial charge in [0.05, 0.1) is 19.4 Å². The monoisotopic (exact) mass is 546 g/mol. The molecule has 0 saturated carbocycles. The third kappa shape index (κ3) is 6.74. The maximum Gasteiger partial charge on any atom is 0.273 e. The highest BCUT2D eigenvalue weighted by atomic mass is 16.5. The van der Waals surface area contributed by atoms with Crippen molar-refractivity contribution in [1.82, 2.24) is 20.2 Å². The van der Waals surface area contributed by atoms with Gasteiger partial charge in [0.25, 0.3) is 5.91 Å². The molecule has 0 bridgehead atoms. The third-order valence-corrected chi connectivity index (χ3v) is 6.80. The Morgan fingerprint density at radius 1 is 0.902 bits per heavy atom. The molecule has 6 aromatic rings. The molecule has 0 unspecified atom stereocenters. The van der Waals surface area contributed by atoms with Crippen LogP contribution >= 0.6 is 0 Å². The highest BCUT2D eigenvalue weighted by Crippen LogP contribution is 2.24. The number of aromatic nitrogens is 2. The van der Waals surface area contributed by atoms with Gasteiger partial charge in [0.1, 0.15) is 23.5 Å². The summed E-state index contributed by atoms with van der Waals surface area (Å²) in [6.45, 7) is 2.13. The summed E-state index contributed by atoms with van der Waals surface area (Å²) in [5, 5.41) is 4.03. The van der Waals surface area contributed by atoms with Crippen molar-refractivity contribution < 1.29 is 18.4 Å². The number of para-hydroxylation sites is 2. The van der Waals surface area contributed by atoms with E-state index in [2.05, 4.69) is 56.7 Å². The molecule has 3 aromatic carbocycles. The number of nitrogens with zero attached hydrogens (tertiary/aromatic N) is 2. The second kappa shape index (κ2) is 12.4. The lowest BCUT2D eigenvalue weighted by atomic mass is 10.1. The summed E-state index contributed by atoms with van der Waals surface area (Å²) in [5.74, 6) is 2.40. The number of rotatable bonds is 12. The predicted molar refractivity (Wildman–Crippen MR) is 155 cm³/mol. The van der Waals surface area contributed by atoms with Crippen molar-refractivity contribution in [3.8, 4) is 11.5 Å². The summed E-state index contributed by atoms with van der Waals surface area (Å²) >= 11 is 0. The van der Waals surface area contributed by atoms with Gasteiger partial charge in [-0.25, -0.2) is 4.98 Å². The summed E-state index contributed by atoms with van der Waals surface area (Å²) in [7, 11) is 0. The van der Waals surface area contributed by atoms with Gasteiger partial charge in [0.2, 0.25) is 5.89 Å². The second-order valence-corrected chi connectivity index (χ2v) is 9.77. The Balaban J connectivity index is 1.16. The van der Waals surface area contributed by atoms with E-state index in [1.54, 1.807) is 18.4 Å². The molecule has 0 saturated heterocycles. The van der Waals surface area contributed by atoms with Gasteiger partial charge < -0.3 is 23.9 Å². The van der Waals surface area contributed by atoms with Crippen LogP contribution in [0.2, 0.25) is 0 Å². The summed E-state index contributed by atoms with van der Waals surface area (Å²) in [6.07, 6.45) is 5.88. The standard InChI is InChI=1S/C33H30N4O4/c38-33(35-20-28-12-7-17-39-28)31-23-40-32(36-31)22-37(16-15-25-19-34-30-14-5-4-13-29(25)30)21-24-8-6-11-27(18-24)41-26-9-2-1-3-10-26/h1-14,17-19,23,34H,15-16,20-22H2,(H,35,38). The highest BCUT2D eigenvalue weighted by Gasteiger charge is 2.17. The Morgan fingerprint density at radius 3 is 2.63 bits per heavy atom. The number of aromatic amines is 1. The fourth-order valence-corrected chi connectivity index (χ4v) is 4.77. The van der Waals surface area contributed by atoms with Gasteiger partial charge >= 0.3 is 0 Å². The molecule has 2 N–H and O–H groups in total. The Kier molecular flexibility index (Phi) is 7.91. The number of benzene rings is 3. The smallest absolute Gasteiger partial charge is 0.273 e. The van der Waals surface area contributed by atoms with E-state index in [0.717, 1.165) is 35.5 Å². The first-order valence-electron chi connectivity index (χ1n) is 13.5. The summed E-state index contributed by atoms with van der Waals surface area (Å²) in [6, 6.07) is 29.7. The zero-order chi connectivity index (χ0) is 27.9. The van der Waals surface area contributed by atoms with Gasteiger partial charge in [0.15, 0.2) is 5.69 Å². The molecule has 0 spiro atoms. The number of carbonyl (C=O) groups excluding carboxylic acids is 1. The van der Waals surface area contributed by atoms with E-state index < -0.39 is 0 Å². The van der Waals surface area contributed by atoms with Crippen LogP contribution in [0.4, 0.5) is 0 Å². The number of ether oxygens (including phenoxy) is 1. The molecule has 0 aliphatic heterocycles. The average Bonchev–Trinajstić information content (AvgIpc) is 3.77. The SMILES string of the molecule is O=C(NCc1ccco1)c1coc(CN(CCc2c[nH]c3ccccc23)Cc2cccc(Oc3ccccc3)c2)n1. The van der Waals surface area contributed by atoms with Crippen LogP contribution in [0.25, 0.3) is 10.9 Å². The number of oxazole rings is 1. The Labute approximate surface area is 237 Å². The molecule has 8 heteroatoms. The molecule has 41 heavy (non-hydrogen) atoms. The van der Waals surface area contributed by atoms with Crippen molar-refractivity contribution in [1.29, 1.82) is 0 Å². The zero-order valence-corrected chi connectivity index (χ0v) is 22.5. The Bertz CT molecular complexity index is 1710. The molecule has 8 nitrogen and oxygen atoms in total. The van der Waals surface area contributed by atoms with Crippen LogP contribution in [-0.4, -0.2) is 27.3 Å². The quantitative estimate of drug-likeness (QED) is 0.177. The number of amides is 1. The van der Waals surface area contributed by atoms with Crippen molar-refractivity contribution in [3.05, 3.63) is 138 Å². The van der Waals surface area contributed by atoms with Gasteiger partial charge in [-0.2, -0.15) is 0 Å². The van der Waals surface area contributed by atoms with E-state index >= 15 is 0 Å². The molecule has 1 amide bonds.